The van der Waals surface area contributed by atoms with Gasteiger partial charge in [0.1, 0.15) is 10.8 Å². The second-order valence-electron chi connectivity index (χ2n) is 8.23. The van der Waals surface area contributed by atoms with Gasteiger partial charge in [-0.15, -0.1) is 11.3 Å². The zero-order valence-electron chi connectivity index (χ0n) is 18.8. The average molecular weight is 484 g/mol. The minimum atomic E-state index is -0.742. The summed E-state index contributed by atoms with van der Waals surface area (Å²) in [6.07, 6.45) is 5.46. The molecular formula is C25H26ClN3O3S. The zero-order valence-corrected chi connectivity index (χ0v) is 20.4. The first-order chi connectivity index (χ1) is 15.8. The van der Waals surface area contributed by atoms with Gasteiger partial charge in [0.25, 0.3) is 11.8 Å². The number of nitrogens with zero attached hydrogens (tertiary/aromatic N) is 1. The van der Waals surface area contributed by atoms with Crippen molar-refractivity contribution in [2.24, 2.45) is 0 Å². The van der Waals surface area contributed by atoms with E-state index in [2.05, 4.69) is 15.6 Å². The quantitative estimate of drug-likeness (QED) is 0.481. The fraction of sp³-hybridized carbons (Fsp3) is 0.320. The molecule has 1 atom stereocenters. The summed E-state index contributed by atoms with van der Waals surface area (Å²) in [7, 11) is 0. The van der Waals surface area contributed by atoms with E-state index in [-0.39, 0.29) is 11.8 Å². The van der Waals surface area contributed by atoms with Crippen molar-refractivity contribution in [3.8, 4) is 5.75 Å². The molecule has 0 saturated carbocycles. The lowest BCUT2D eigenvalue weighted by molar-refractivity contribution is -0.122. The number of aryl methyl sites for hydroxylation is 3. The number of amides is 2. The van der Waals surface area contributed by atoms with E-state index in [9.17, 15) is 9.59 Å². The Bertz CT molecular complexity index is 1170. The Kier molecular flexibility index (Phi) is 7.00. The monoisotopic (exact) mass is 483 g/mol. The van der Waals surface area contributed by atoms with Crippen LogP contribution in [0.15, 0.2) is 36.7 Å². The lowest BCUT2D eigenvalue weighted by Gasteiger charge is -2.16. The Morgan fingerprint density at radius 2 is 2.00 bits per heavy atom. The molecular weight excluding hydrogens is 458 g/mol. The third kappa shape index (κ3) is 5.20. The molecule has 2 aromatic heterocycles. The summed E-state index contributed by atoms with van der Waals surface area (Å²) >= 11 is 7.71. The molecule has 2 N–H and O–H groups in total. The van der Waals surface area contributed by atoms with E-state index in [1.165, 1.54) is 11.3 Å². The van der Waals surface area contributed by atoms with Crippen LogP contribution in [-0.4, -0.2) is 22.9 Å². The maximum absolute atomic E-state index is 13.1. The standard InChI is InChI=1S/C25H26ClN3O3S/c1-14-10-18(11-15(2)22(14)26)32-16(3)23(30)29-25-21(19-7-4-8-20(19)33-25)24(31)28-13-17-6-5-9-27-12-17/h5-6,9-12,16H,4,7-8,13H2,1-3H3,(H,28,31)(H,29,30). The van der Waals surface area contributed by atoms with Gasteiger partial charge in [-0.05, 0) is 80.5 Å². The molecule has 2 heterocycles. The van der Waals surface area contributed by atoms with Gasteiger partial charge in [-0.1, -0.05) is 17.7 Å². The molecule has 172 valence electrons. The van der Waals surface area contributed by atoms with Gasteiger partial charge in [0.05, 0.1) is 5.56 Å². The number of anilines is 1. The molecule has 33 heavy (non-hydrogen) atoms. The molecule has 0 bridgehead atoms. The van der Waals surface area contributed by atoms with Crippen LogP contribution < -0.4 is 15.4 Å². The summed E-state index contributed by atoms with van der Waals surface area (Å²) in [6.45, 7) is 5.87. The van der Waals surface area contributed by atoms with Crippen LogP contribution in [-0.2, 0) is 24.2 Å². The van der Waals surface area contributed by atoms with Crippen LogP contribution in [0, 0.1) is 13.8 Å². The molecule has 6 nitrogen and oxygen atoms in total. The zero-order chi connectivity index (χ0) is 23.5. The normalized spacial score (nSPS) is 13.3. The summed E-state index contributed by atoms with van der Waals surface area (Å²) in [4.78, 5) is 31.3. The topological polar surface area (TPSA) is 80.3 Å². The number of hydrogen-bond acceptors (Lipinski definition) is 5. The fourth-order valence-corrected chi connectivity index (χ4v) is 5.35. The van der Waals surface area contributed by atoms with Crippen molar-refractivity contribution >= 4 is 39.8 Å². The highest BCUT2D eigenvalue weighted by Gasteiger charge is 2.28. The number of nitrogens with one attached hydrogen (secondary N) is 2. The van der Waals surface area contributed by atoms with E-state index >= 15 is 0 Å². The third-order valence-corrected chi connectivity index (χ3v) is 7.46. The molecule has 8 heteroatoms. The van der Waals surface area contributed by atoms with Gasteiger partial charge >= 0.3 is 0 Å². The highest BCUT2D eigenvalue weighted by molar-refractivity contribution is 7.17. The Balaban J connectivity index is 1.48. The van der Waals surface area contributed by atoms with Crippen LogP contribution in [0.25, 0.3) is 0 Å². The van der Waals surface area contributed by atoms with Crippen LogP contribution in [0.2, 0.25) is 5.02 Å². The highest BCUT2D eigenvalue weighted by atomic mass is 35.5. The fourth-order valence-electron chi connectivity index (χ4n) is 3.95. The Morgan fingerprint density at radius 3 is 2.70 bits per heavy atom. The van der Waals surface area contributed by atoms with Gasteiger partial charge in [0.2, 0.25) is 0 Å². The number of halogens is 1. The number of ether oxygens (including phenoxy) is 1. The Morgan fingerprint density at radius 1 is 1.24 bits per heavy atom. The minimum Gasteiger partial charge on any atom is -0.481 e. The van der Waals surface area contributed by atoms with E-state index in [0.29, 0.717) is 27.9 Å². The van der Waals surface area contributed by atoms with Crippen LogP contribution in [0.4, 0.5) is 5.00 Å². The van der Waals surface area contributed by atoms with Crippen molar-refractivity contribution in [1.82, 2.24) is 10.3 Å². The van der Waals surface area contributed by atoms with Gasteiger partial charge in [0.15, 0.2) is 6.10 Å². The van der Waals surface area contributed by atoms with Crippen LogP contribution in [0.3, 0.4) is 0 Å². The van der Waals surface area contributed by atoms with Gasteiger partial charge in [0, 0.05) is 28.8 Å². The predicted molar refractivity (Wildman–Crippen MR) is 131 cm³/mol. The van der Waals surface area contributed by atoms with Gasteiger partial charge in [-0.2, -0.15) is 0 Å². The molecule has 1 unspecified atom stereocenters. The molecule has 3 aromatic rings. The van der Waals surface area contributed by atoms with Crippen molar-refractivity contribution in [2.45, 2.75) is 52.7 Å². The SMILES string of the molecule is Cc1cc(OC(C)C(=O)Nc2sc3c(c2C(=O)NCc2cccnc2)CCC3)cc(C)c1Cl. The number of pyridine rings is 1. The first-order valence-electron chi connectivity index (χ1n) is 10.9. The molecule has 1 aliphatic carbocycles. The van der Waals surface area contributed by atoms with E-state index in [0.717, 1.165) is 46.4 Å². The number of hydrogen-bond donors (Lipinski definition) is 2. The summed E-state index contributed by atoms with van der Waals surface area (Å²) in [6, 6.07) is 7.37. The molecule has 4 rings (SSSR count). The summed E-state index contributed by atoms with van der Waals surface area (Å²) < 4.78 is 5.87. The van der Waals surface area contributed by atoms with Crippen molar-refractivity contribution in [1.29, 1.82) is 0 Å². The smallest absolute Gasteiger partial charge is 0.265 e. The van der Waals surface area contributed by atoms with Gasteiger partial charge in [-0.25, -0.2) is 0 Å². The largest absolute Gasteiger partial charge is 0.481 e. The maximum atomic E-state index is 13.1. The number of thiophene rings is 1. The molecule has 0 aliphatic heterocycles. The average Bonchev–Trinajstić information content (AvgIpc) is 3.37. The molecule has 1 aliphatic rings. The molecule has 0 fully saturated rings. The minimum absolute atomic E-state index is 0.189. The number of benzene rings is 1. The van der Waals surface area contributed by atoms with Crippen LogP contribution in [0.1, 0.15) is 50.8 Å². The van der Waals surface area contributed by atoms with Gasteiger partial charge in [-0.3, -0.25) is 14.6 Å². The maximum Gasteiger partial charge on any atom is 0.265 e. The summed E-state index contributed by atoms with van der Waals surface area (Å²) in [5.41, 5.74) is 4.30. The van der Waals surface area contributed by atoms with E-state index in [4.69, 9.17) is 16.3 Å². The first kappa shape index (κ1) is 23.3. The second kappa shape index (κ2) is 9.93. The van der Waals surface area contributed by atoms with Crippen LogP contribution in [0.5, 0.6) is 5.75 Å². The van der Waals surface area contributed by atoms with Crippen LogP contribution >= 0.6 is 22.9 Å². The van der Waals surface area contributed by atoms with Crippen molar-refractivity contribution in [2.75, 3.05) is 5.32 Å². The number of aromatic nitrogens is 1. The first-order valence-corrected chi connectivity index (χ1v) is 12.1. The van der Waals surface area contributed by atoms with E-state index in [1.54, 1.807) is 19.3 Å². The Labute approximate surface area is 202 Å². The summed E-state index contributed by atoms with van der Waals surface area (Å²) in [5, 5.41) is 7.16. The van der Waals surface area contributed by atoms with Crippen molar-refractivity contribution in [3.63, 3.8) is 0 Å². The predicted octanol–water partition coefficient (Wildman–Crippen LogP) is 5.24. The lowest BCUT2D eigenvalue weighted by atomic mass is 10.1. The lowest BCUT2D eigenvalue weighted by Crippen LogP contribution is -2.31. The van der Waals surface area contributed by atoms with Gasteiger partial charge < -0.3 is 15.4 Å². The Hall–Kier alpha value is -2.90. The molecule has 0 radical (unpaired) electrons. The van der Waals surface area contributed by atoms with E-state index in [1.807, 2.05) is 38.1 Å². The number of rotatable bonds is 7. The molecule has 1 aromatic carbocycles. The number of carbonyl (C=O) groups excluding carboxylic acids is 2. The second-order valence-corrected chi connectivity index (χ2v) is 9.71. The highest BCUT2D eigenvalue weighted by Crippen LogP contribution is 2.39. The van der Waals surface area contributed by atoms with E-state index < -0.39 is 6.10 Å². The molecule has 0 spiro atoms. The van der Waals surface area contributed by atoms with Crippen molar-refractivity contribution in [3.05, 3.63) is 74.4 Å². The van der Waals surface area contributed by atoms with Crippen molar-refractivity contribution < 1.29 is 14.3 Å². The number of carbonyl (C=O) groups is 2. The summed E-state index contributed by atoms with van der Waals surface area (Å²) in [5.74, 6) is 0.0905. The molecule has 0 saturated heterocycles. The number of fused-ring (bicyclic) bond motifs is 1. The molecule has 2 amide bonds. The third-order valence-electron chi connectivity index (χ3n) is 5.65.